The highest BCUT2D eigenvalue weighted by Gasteiger charge is 2.36. The van der Waals surface area contributed by atoms with Gasteiger partial charge < -0.3 is 19.7 Å². The lowest BCUT2D eigenvalue weighted by molar-refractivity contribution is 0.0810. The molecule has 1 fully saturated rings. The van der Waals surface area contributed by atoms with Crippen LogP contribution in [0.1, 0.15) is 36.2 Å². The quantitative estimate of drug-likeness (QED) is 0.864. The third-order valence-electron chi connectivity index (χ3n) is 4.10. The van der Waals surface area contributed by atoms with Crippen LogP contribution in [0.4, 0.5) is 0 Å². The molecule has 0 aliphatic heterocycles. The Kier molecular flexibility index (Phi) is 4.57. The van der Waals surface area contributed by atoms with Gasteiger partial charge in [0, 0.05) is 18.6 Å². The zero-order valence-electron chi connectivity index (χ0n) is 12.9. The molecule has 1 saturated carbocycles. The van der Waals surface area contributed by atoms with Crippen molar-refractivity contribution in [2.75, 3.05) is 6.61 Å². The highest BCUT2D eigenvalue weighted by molar-refractivity contribution is 5.96. The number of nitrogens with one attached hydrogen (secondary N) is 1. The van der Waals surface area contributed by atoms with Crippen LogP contribution in [0.2, 0.25) is 0 Å². The minimum Gasteiger partial charge on any atom is -0.477 e. The first kappa shape index (κ1) is 15.5. The molecule has 0 unspecified atom stereocenters. The molecule has 7 heteroatoms. The van der Waals surface area contributed by atoms with Crippen LogP contribution in [0.15, 0.2) is 37.1 Å². The van der Waals surface area contributed by atoms with E-state index in [2.05, 4.69) is 15.3 Å². The van der Waals surface area contributed by atoms with Gasteiger partial charge in [0.2, 0.25) is 5.88 Å². The summed E-state index contributed by atoms with van der Waals surface area (Å²) in [6.07, 6.45) is 7.62. The summed E-state index contributed by atoms with van der Waals surface area (Å²) in [5.74, 6) is 0.0306. The van der Waals surface area contributed by atoms with Crippen LogP contribution < -0.4 is 10.1 Å². The highest BCUT2D eigenvalue weighted by atomic mass is 16.5. The van der Waals surface area contributed by atoms with Crippen molar-refractivity contribution in [1.29, 1.82) is 0 Å². The fraction of sp³-hybridized carbons (Fsp3) is 0.438. The van der Waals surface area contributed by atoms with Gasteiger partial charge in [-0.1, -0.05) is 0 Å². The monoisotopic (exact) mass is 316 g/mol. The van der Waals surface area contributed by atoms with Crippen molar-refractivity contribution in [3.63, 3.8) is 0 Å². The number of ether oxygens (including phenoxy) is 1. The van der Waals surface area contributed by atoms with E-state index in [0.29, 0.717) is 24.5 Å². The molecule has 7 nitrogen and oxygen atoms in total. The van der Waals surface area contributed by atoms with E-state index in [-0.39, 0.29) is 18.0 Å². The maximum absolute atomic E-state index is 12.5. The standard InChI is InChI=1S/C16H20N4O3/c1-2-23-16-11(4-3-7-18-16)15(22)19-12-5-6-13(14(12)21)20-9-8-17-10-20/h3-4,7-10,12-14,21H,2,5-6H2,1H3,(H,19,22)/t12-,13-,14-/m1/s1. The van der Waals surface area contributed by atoms with Gasteiger partial charge in [0.25, 0.3) is 5.91 Å². The number of nitrogens with zero attached hydrogens (tertiary/aromatic N) is 3. The van der Waals surface area contributed by atoms with Crippen LogP contribution in [0.3, 0.4) is 0 Å². The summed E-state index contributed by atoms with van der Waals surface area (Å²) < 4.78 is 7.26. The number of carbonyl (C=O) groups excluding carboxylic acids is 1. The zero-order chi connectivity index (χ0) is 16.2. The first-order valence-corrected chi connectivity index (χ1v) is 7.75. The number of pyridine rings is 1. The van der Waals surface area contributed by atoms with Crippen LogP contribution in [0, 0.1) is 0 Å². The molecule has 23 heavy (non-hydrogen) atoms. The van der Waals surface area contributed by atoms with E-state index in [1.807, 2.05) is 17.7 Å². The molecule has 1 amide bonds. The van der Waals surface area contributed by atoms with E-state index in [9.17, 15) is 9.90 Å². The fourth-order valence-electron chi connectivity index (χ4n) is 2.97. The SMILES string of the molecule is CCOc1ncccc1C(=O)N[C@@H]1CC[C@@H](n2ccnc2)[C@@H]1O. The summed E-state index contributed by atoms with van der Waals surface area (Å²) in [5.41, 5.74) is 0.382. The minimum atomic E-state index is -0.652. The van der Waals surface area contributed by atoms with Crippen molar-refractivity contribution < 1.29 is 14.6 Å². The summed E-state index contributed by atoms with van der Waals surface area (Å²) in [6.45, 7) is 2.28. The topological polar surface area (TPSA) is 89.3 Å². The first-order valence-electron chi connectivity index (χ1n) is 7.75. The molecule has 122 valence electrons. The predicted octanol–water partition coefficient (Wildman–Crippen LogP) is 1.17. The van der Waals surface area contributed by atoms with Crippen LogP contribution >= 0.6 is 0 Å². The van der Waals surface area contributed by atoms with Gasteiger partial charge in [-0.25, -0.2) is 9.97 Å². The van der Waals surface area contributed by atoms with E-state index in [4.69, 9.17) is 4.74 Å². The lowest BCUT2D eigenvalue weighted by Crippen LogP contribution is -2.42. The molecule has 2 N–H and O–H groups in total. The maximum Gasteiger partial charge on any atom is 0.257 e. The van der Waals surface area contributed by atoms with Crippen molar-refractivity contribution in [2.24, 2.45) is 0 Å². The normalized spacial score (nSPS) is 23.7. The summed E-state index contributed by atoms with van der Waals surface area (Å²) in [4.78, 5) is 20.6. The summed E-state index contributed by atoms with van der Waals surface area (Å²) in [7, 11) is 0. The predicted molar refractivity (Wildman–Crippen MR) is 83.2 cm³/mol. The Labute approximate surface area is 134 Å². The first-order chi connectivity index (χ1) is 11.2. The molecule has 0 radical (unpaired) electrons. The number of hydrogen-bond acceptors (Lipinski definition) is 5. The maximum atomic E-state index is 12.5. The molecule has 2 aromatic rings. The second-order valence-electron chi connectivity index (χ2n) is 5.51. The molecule has 3 rings (SSSR count). The van der Waals surface area contributed by atoms with Gasteiger partial charge in [-0.05, 0) is 31.9 Å². The van der Waals surface area contributed by atoms with E-state index >= 15 is 0 Å². The minimum absolute atomic E-state index is 0.0666. The Morgan fingerprint density at radius 1 is 1.48 bits per heavy atom. The number of aromatic nitrogens is 3. The van der Waals surface area contributed by atoms with Crippen LogP contribution in [-0.4, -0.2) is 44.3 Å². The summed E-state index contributed by atoms with van der Waals surface area (Å²) >= 11 is 0. The van der Waals surface area contributed by atoms with E-state index in [1.54, 1.807) is 30.9 Å². The Bertz CT molecular complexity index is 659. The lowest BCUT2D eigenvalue weighted by atomic mass is 10.1. The molecule has 2 aromatic heterocycles. The number of aliphatic hydroxyl groups excluding tert-OH is 1. The number of hydrogen-bond donors (Lipinski definition) is 2. The second kappa shape index (κ2) is 6.78. The van der Waals surface area contributed by atoms with Crippen molar-refractivity contribution in [3.05, 3.63) is 42.6 Å². The van der Waals surface area contributed by atoms with Gasteiger partial charge in [0.05, 0.1) is 31.1 Å². The van der Waals surface area contributed by atoms with Gasteiger partial charge in [0.15, 0.2) is 0 Å². The number of amides is 1. The Morgan fingerprint density at radius 2 is 2.35 bits per heavy atom. The van der Waals surface area contributed by atoms with Crippen LogP contribution in [-0.2, 0) is 0 Å². The smallest absolute Gasteiger partial charge is 0.257 e. The highest BCUT2D eigenvalue weighted by Crippen LogP contribution is 2.30. The molecule has 1 aliphatic carbocycles. The lowest BCUT2D eigenvalue weighted by Gasteiger charge is -2.21. The molecule has 0 spiro atoms. The number of carbonyl (C=O) groups is 1. The third-order valence-corrected chi connectivity index (χ3v) is 4.10. The molecule has 0 aromatic carbocycles. The van der Waals surface area contributed by atoms with Gasteiger partial charge in [-0.15, -0.1) is 0 Å². The summed E-state index contributed by atoms with van der Waals surface area (Å²) in [6, 6.07) is 2.99. The average molecular weight is 316 g/mol. The number of imidazole rings is 1. The van der Waals surface area contributed by atoms with E-state index in [0.717, 1.165) is 6.42 Å². The van der Waals surface area contributed by atoms with Gasteiger partial charge >= 0.3 is 0 Å². The van der Waals surface area contributed by atoms with Crippen LogP contribution in [0.25, 0.3) is 0 Å². The van der Waals surface area contributed by atoms with Crippen LogP contribution in [0.5, 0.6) is 5.88 Å². The van der Waals surface area contributed by atoms with E-state index in [1.165, 1.54) is 0 Å². The molecule has 2 heterocycles. The Morgan fingerprint density at radius 3 is 3.09 bits per heavy atom. The van der Waals surface area contributed by atoms with E-state index < -0.39 is 6.10 Å². The molecule has 3 atom stereocenters. The molecular weight excluding hydrogens is 296 g/mol. The molecule has 0 bridgehead atoms. The number of aliphatic hydroxyl groups is 1. The molecular formula is C16H20N4O3. The molecule has 0 saturated heterocycles. The fourth-order valence-corrected chi connectivity index (χ4v) is 2.97. The van der Waals surface area contributed by atoms with Crippen molar-refractivity contribution in [3.8, 4) is 5.88 Å². The Hall–Kier alpha value is -2.41. The zero-order valence-corrected chi connectivity index (χ0v) is 12.9. The Balaban J connectivity index is 1.69. The van der Waals surface area contributed by atoms with Crippen molar-refractivity contribution in [1.82, 2.24) is 19.9 Å². The largest absolute Gasteiger partial charge is 0.477 e. The van der Waals surface area contributed by atoms with Gasteiger partial charge in [-0.2, -0.15) is 0 Å². The number of rotatable bonds is 5. The van der Waals surface area contributed by atoms with Crippen molar-refractivity contribution >= 4 is 5.91 Å². The summed E-state index contributed by atoms with van der Waals surface area (Å²) in [5, 5.41) is 13.4. The van der Waals surface area contributed by atoms with Gasteiger partial charge in [-0.3, -0.25) is 4.79 Å². The third kappa shape index (κ3) is 3.19. The van der Waals surface area contributed by atoms with Crippen molar-refractivity contribution in [2.45, 2.75) is 38.0 Å². The van der Waals surface area contributed by atoms with Gasteiger partial charge in [0.1, 0.15) is 5.56 Å². The average Bonchev–Trinajstić information content (AvgIpc) is 3.19. The molecule has 1 aliphatic rings. The second-order valence-corrected chi connectivity index (χ2v) is 5.51.